The zero-order valence-electron chi connectivity index (χ0n) is 13.4. The Hall–Kier alpha value is -2.75. The summed E-state index contributed by atoms with van der Waals surface area (Å²) in [5, 5.41) is 4.03. The summed E-state index contributed by atoms with van der Waals surface area (Å²) in [6.45, 7) is 0.546. The van der Waals surface area contributed by atoms with E-state index in [9.17, 15) is 4.79 Å². The Morgan fingerprint density at radius 3 is 2.70 bits per heavy atom. The molecule has 0 atom stereocenters. The molecule has 0 aliphatic heterocycles. The molecular weight excluding hydrogens is 288 g/mol. The first kappa shape index (κ1) is 15.2. The van der Waals surface area contributed by atoms with Crippen molar-refractivity contribution in [2.75, 3.05) is 25.5 Å². The van der Waals surface area contributed by atoms with Crippen LogP contribution in [0.1, 0.15) is 16.1 Å². The van der Waals surface area contributed by atoms with Crippen LogP contribution in [0.3, 0.4) is 0 Å². The summed E-state index contributed by atoms with van der Waals surface area (Å²) in [7, 11) is 3.91. The molecule has 0 aliphatic rings. The van der Waals surface area contributed by atoms with Gasteiger partial charge in [-0.2, -0.15) is 0 Å². The van der Waals surface area contributed by atoms with Gasteiger partial charge in [0.2, 0.25) is 0 Å². The maximum absolute atomic E-state index is 12.2. The van der Waals surface area contributed by atoms with Gasteiger partial charge in [0, 0.05) is 43.7 Å². The molecule has 23 heavy (non-hydrogen) atoms. The molecule has 0 fully saturated rings. The fourth-order valence-electron chi connectivity index (χ4n) is 2.49. The molecule has 2 aromatic carbocycles. The van der Waals surface area contributed by atoms with Gasteiger partial charge < -0.3 is 14.6 Å². The molecule has 4 heteroatoms. The molecule has 1 heterocycles. The molecule has 3 rings (SSSR count). The van der Waals surface area contributed by atoms with Crippen LogP contribution in [0.15, 0.2) is 59.0 Å². The Kier molecular flexibility index (Phi) is 4.33. The number of rotatable bonds is 5. The predicted molar refractivity (Wildman–Crippen MR) is 93.0 cm³/mol. The maximum atomic E-state index is 12.2. The highest BCUT2D eigenvalue weighted by Gasteiger charge is 2.08. The van der Waals surface area contributed by atoms with E-state index in [1.807, 2.05) is 73.6 Å². The van der Waals surface area contributed by atoms with Gasteiger partial charge in [-0.1, -0.05) is 24.3 Å². The van der Waals surface area contributed by atoms with Gasteiger partial charge in [0.15, 0.2) is 0 Å². The van der Waals surface area contributed by atoms with Gasteiger partial charge in [0.25, 0.3) is 5.91 Å². The number of furan rings is 1. The summed E-state index contributed by atoms with van der Waals surface area (Å²) in [4.78, 5) is 14.2. The van der Waals surface area contributed by atoms with Gasteiger partial charge >= 0.3 is 0 Å². The van der Waals surface area contributed by atoms with Gasteiger partial charge in [-0.05, 0) is 30.3 Å². The number of carbonyl (C=O) groups is 1. The van der Waals surface area contributed by atoms with Crippen LogP contribution in [0.25, 0.3) is 11.0 Å². The molecule has 3 aromatic rings. The van der Waals surface area contributed by atoms with Crippen LogP contribution in [-0.4, -0.2) is 26.5 Å². The zero-order chi connectivity index (χ0) is 16.2. The Balaban J connectivity index is 1.59. The average molecular weight is 308 g/mol. The molecule has 0 saturated carbocycles. The Morgan fingerprint density at radius 1 is 1.09 bits per heavy atom. The minimum absolute atomic E-state index is 0.0650. The second-order valence-electron chi connectivity index (χ2n) is 5.70. The van der Waals surface area contributed by atoms with Gasteiger partial charge in [-0.3, -0.25) is 4.79 Å². The molecule has 4 nitrogen and oxygen atoms in total. The van der Waals surface area contributed by atoms with Crippen molar-refractivity contribution in [2.24, 2.45) is 0 Å². The van der Waals surface area contributed by atoms with E-state index in [2.05, 4.69) is 5.32 Å². The smallest absolute Gasteiger partial charge is 0.251 e. The molecule has 0 aliphatic carbocycles. The largest absolute Gasteiger partial charge is 0.461 e. The highest BCUT2D eigenvalue weighted by atomic mass is 16.3. The number of anilines is 1. The number of nitrogens with one attached hydrogen (secondary N) is 1. The fraction of sp³-hybridized carbons (Fsp3) is 0.211. The van der Waals surface area contributed by atoms with Gasteiger partial charge in [-0.25, -0.2) is 0 Å². The summed E-state index contributed by atoms with van der Waals surface area (Å²) < 4.78 is 5.75. The Labute approximate surface area is 135 Å². The SMILES string of the molecule is CN(C)c1cccc(C(=O)NCCc2cc3ccccc3o2)c1. The topological polar surface area (TPSA) is 45.5 Å². The molecule has 0 unspecified atom stereocenters. The molecule has 1 aromatic heterocycles. The number of amides is 1. The van der Waals surface area contributed by atoms with Crippen molar-refractivity contribution in [3.8, 4) is 0 Å². The van der Waals surface area contributed by atoms with Crippen molar-refractivity contribution in [2.45, 2.75) is 6.42 Å². The number of nitrogens with zero attached hydrogens (tertiary/aromatic N) is 1. The third-order valence-corrected chi connectivity index (χ3v) is 3.76. The van der Waals surface area contributed by atoms with E-state index in [-0.39, 0.29) is 5.91 Å². The summed E-state index contributed by atoms with van der Waals surface area (Å²) in [5.41, 5.74) is 2.56. The monoisotopic (exact) mass is 308 g/mol. The van der Waals surface area contributed by atoms with E-state index in [4.69, 9.17) is 4.42 Å². The Morgan fingerprint density at radius 2 is 1.91 bits per heavy atom. The van der Waals surface area contributed by atoms with E-state index in [0.29, 0.717) is 18.5 Å². The number of para-hydroxylation sites is 1. The third kappa shape index (κ3) is 3.54. The average Bonchev–Trinajstić information content (AvgIpc) is 2.97. The highest BCUT2D eigenvalue weighted by molar-refractivity contribution is 5.95. The van der Waals surface area contributed by atoms with E-state index in [0.717, 1.165) is 22.4 Å². The van der Waals surface area contributed by atoms with Gasteiger partial charge in [-0.15, -0.1) is 0 Å². The van der Waals surface area contributed by atoms with Crippen molar-refractivity contribution >= 4 is 22.6 Å². The van der Waals surface area contributed by atoms with Gasteiger partial charge in [0.05, 0.1) is 0 Å². The first-order chi connectivity index (χ1) is 11.1. The Bertz CT molecular complexity index is 788. The van der Waals surface area contributed by atoms with Crippen LogP contribution >= 0.6 is 0 Å². The standard InChI is InChI=1S/C19H20N2O2/c1-21(2)16-8-5-7-15(12-16)19(22)20-11-10-17-13-14-6-3-4-9-18(14)23-17/h3-9,12-13H,10-11H2,1-2H3,(H,20,22). The fourth-order valence-corrected chi connectivity index (χ4v) is 2.49. The summed E-state index contributed by atoms with van der Waals surface area (Å²) in [5.74, 6) is 0.818. The number of benzene rings is 2. The first-order valence-corrected chi connectivity index (χ1v) is 7.66. The van der Waals surface area contributed by atoms with Crippen LogP contribution in [0.4, 0.5) is 5.69 Å². The van der Waals surface area contributed by atoms with E-state index in [1.165, 1.54) is 0 Å². The normalized spacial score (nSPS) is 10.7. The third-order valence-electron chi connectivity index (χ3n) is 3.76. The van der Waals surface area contributed by atoms with Crippen LogP contribution in [0.5, 0.6) is 0 Å². The quantitative estimate of drug-likeness (QED) is 0.785. The summed E-state index contributed by atoms with van der Waals surface area (Å²) >= 11 is 0. The minimum Gasteiger partial charge on any atom is -0.461 e. The van der Waals surface area contributed by atoms with Crippen LogP contribution in [0.2, 0.25) is 0 Å². The predicted octanol–water partition coefficient (Wildman–Crippen LogP) is 3.47. The van der Waals surface area contributed by atoms with Crippen molar-refractivity contribution in [3.63, 3.8) is 0 Å². The lowest BCUT2D eigenvalue weighted by atomic mass is 10.1. The molecular formula is C19H20N2O2. The van der Waals surface area contributed by atoms with E-state index < -0.39 is 0 Å². The number of hydrogen-bond donors (Lipinski definition) is 1. The molecule has 1 amide bonds. The maximum Gasteiger partial charge on any atom is 0.251 e. The number of hydrogen-bond acceptors (Lipinski definition) is 3. The van der Waals surface area contributed by atoms with E-state index in [1.54, 1.807) is 0 Å². The molecule has 1 N–H and O–H groups in total. The molecule has 0 bridgehead atoms. The van der Waals surface area contributed by atoms with Crippen LogP contribution in [-0.2, 0) is 6.42 Å². The summed E-state index contributed by atoms with van der Waals surface area (Å²) in [6.07, 6.45) is 0.674. The summed E-state index contributed by atoms with van der Waals surface area (Å²) in [6, 6.07) is 17.5. The van der Waals surface area contributed by atoms with Crippen molar-refractivity contribution in [3.05, 3.63) is 65.9 Å². The second-order valence-corrected chi connectivity index (χ2v) is 5.70. The van der Waals surface area contributed by atoms with Gasteiger partial charge in [0.1, 0.15) is 11.3 Å². The lowest BCUT2D eigenvalue weighted by Gasteiger charge is -2.13. The van der Waals surface area contributed by atoms with Crippen molar-refractivity contribution < 1.29 is 9.21 Å². The second kappa shape index (κ2) is 6.57. The van der Waals surface area contributed by atoms with E-state index >= 15 is 0 Å². The number of fused-ring (bicyclic) bond motifs is 1. The zero-order valence-corrected chi connectivity index (χ0v) is 13.4. The van der Waals surface area contributed by atoms with Crippen LogP contribution in [0, 0.1) is 0 Å². The minimum atomic E-state index is -0.0650. The lowest BCUT2D eigenvalue weighted by molar-refractivity contribution is 0.0954. The number of carbonyl (C=O) groups excluding carboxylic acids is 1. The first-order valence-electron chi connectivity index (χ1n) is 7.66. The molecule has 0 saturated heterocycles. The van der Waals surface area contributed by atoms with Crippen LogP contribution < -0.4 is 10.2 Å². The van der Waals surface area contributed by atoms with Crippen molar-refractivity contribution in [1.82, 2.24) is 5.32 Å². The van der Waals surface area contributed by atoms with Crippen molar-refractivity contribution in [1.29, 1.82) is 0 Å². The highest BCUT2D eigenvalue weighted by Crippen LogP contribution is 2.19. The molecule has 0 spiro atoms. The lowest BCUT2D eigenvalue weighted by Crippen LogP contribution is -2.25. The molecule has 0 radical (unpaired) electrons. The molecule has 118 valence electrons.